The van der Waals surface area contributed by atoms with Crippen molar-refractivity contribution in [3.05, 3.63) is 18.2 Å². The van der Waals surface area contributed by atoms with Crippen molar-refractivity contribution in [3.63, 3.8) is 0 Å². The smallest absolute Gasteiger partial charge is 0.159 e. The molecule has 1 heterocycles. The van der Waals surface area contributed by atoms with Crippen molar-refractivity contribution in [1.29, 1.82) is 0 Å². The zero-order valence-corrected chi connectivity index (χ0v) is 20.9. The fraction of sp³-hybridized carbons (Fsp3) is 0.750. The lowest BCUT2D eigenvalue weighted by molar-refractivity contribution is -0.133. The number of ketones is 1. The summed E-state index contributed by atoms with van der Waals surface area (Å²) < 4.78 is 5.42. The molecule has 184 valence electrons. The second-order valence-corrected chi connectivity index (χ2v) is 12.4. The van der Waals surface area contributed by atoms with Gasteiger partial charge in [0, 0.05) is 5.92 Å². The molecule has 1 aromatic heterocycles. The minimum absolute atomic E-state index is 0.107. The number of hydrogen-bond donors (Lipinski definition) is 1. The van der Waals surface area contributed by atoms with Crippen LogP contribution in [0.15, 0.2) is 18.2 Å². The van der Waals surface area contributed by atoms with Crippen LogP contribution in [-0.2, 0) is 11.3 Å². The lowest BCUT2D eigenvalue weighted by atomic mass is 9.49. The maximum Gasteiger partial charge on any atom is 0.159 e. The second-order valence-electron chi connectivity index (χ2n) is 12.4. The molecule has 1 N–H and O–H groups in total. The number of fused-ring (bicyclic) bond motifs is 6. The zero-order chi connectivity index (χ0) is 23.7. The number of hydrogen-bond acceptors (Lipinski definition) is 5. The molecule has 0 saturated heterocycles. The SMILES string of the molecule is COc1cccc2nn(CC(=O)[C@H]3CC[C@H]4[C@@H]5CC[C@@H]6C[C@](C)(O)CCC6[C@H]5CC[C@]34C)nc12. The Bertz CT molecular complexity index is 1090. The molecule has 6 rings (SSSR count). The van der Waals surface area contributed by atoms with E-state index in [4.69, 9.17) is 4.74 Å². The van der Waals surface area contributed by atoms with Crippen molar-refractivity contribution in [2.45, 2.75) is 83.8 Å². The van der Waals surface area contributed by atoms with Gasteiger partial charge >= 0.3 is 0 Å². The van der Waals surface area contributed by atoms with E-state index < -0.39 is 5.60 Å². The Morgan fingerprint density at radius 3 is 2.71 bits per heavy atom. The highest BCUT2D eigenvalue weighted by molar-refractivity contribution is 5.83. The van der Waals surface area contributed by atoms with Gasteiger partial charge in [0.15, 0.2) is 11.3 Å². The van der Waals surface area contributed by atoms with Gasteiger partial charge in [0.2, 0.25) is 0 Å². The van der Waals surface area contributed by atoms with Crippen LogP contribution in [0.1, 0.15) is 71.6 Å². The van der Waals surface area contributed by atoms with Crippen molar-refractivity contribution in [2.75, 3.05) is 7.11 Å². The van der Waals surface area contributed by atoms with E-state index in [1.807, 2.05) is 25.1 Å². The normalized spacial score (nSPS) is 41.5. The maximum absolute atomic E-state index is 13.6. The van der Waals surface area contributed by atoms with Gasteiger partial charge in [0.1, 0.15) is 17.8 Å². The maximum atomic E-state index is 13.6. The quantitative estimate of drug-likeness (QED) is 0.685. The van der Waals surface area contributed by atoms with Gasteiger partial charge in [0.25, 0.3) is 0 Å². The summed E-state index contributed by atoms with van der Waals surface area (Å²) in [6.45, 7) is 4.70. The molecule has 8 atom stereocenters. The summed E-state index contributed by atoms with van der Waals surface area (Å²) in [5.74, 6) is 4.81. The van der Waals surface area contributed by atoms with Gasteiger partial charge in [-0.15, -0.1) is 5.10 Å². The molecular weight excluding hydrogens is 426 g/mol. The number of Topliss-reactive ketones (excluding diaryl/α,β-unsaturated/α-hetero) is 1. The van der Waals surface area contributed by atoms with Crippen LogP contribution in [0.5, 0.6) is 5.75 Å². The van der Waals surface area contributed by atoms with Crippen LogP contribution in [0.25, 0.3) is 11.0 Å². The minimum Gasteiger partial charge on any atom is -0.494 e. The van der Waals surface area contributed by atoms with E-state index in [2.05, 4.69) is 17.1 Å². The fourth-order valence-electron chi connectivity index (χ4n) is 9.05. The first-order valence-corrected chi connectivity index (χ1v) is 13.4. The third kappa shape index (κ3) is 3.51. The highest BCUT2D eigenvalue weighted by Gasteiger charge is 2.58. The van der Waals surface area contributed by atoms with Crippen LogP contribution >= 0.6 is 0 Å². The Morgan fingerprint density at radius 2 is 1.88 bits per heavy atom. The topological polar surface area (TPSA) is 77.2 Å². The van der Waals surface area contributed by atoms with Crippen LogP contribution in [0.2, 0.25) is 0 Å². The molecule has 6 heteroatoms. The molecule has 0 bridgehead atoms. The van der Waals surface area contributed by atoms with E-state index in [0.29, 0.717) is 23.4 Å². The summed E-state index contributed by atoms with van der Waals surface area (Å²) in [5, 5.41) is 19.8. The van der Waals surface area contributed by atoms with Gasteiger partial charge in [-0.2, -0.15) is 9.90 Å². The van der Waals surface area contributed by atoms with Gasteiger partial charge in [0.05, 0.1) is 12.7 Å². The lowest BCUT2D eigenvalue weighted by Gasteiger charge is -2.56. The number of benzene rings is 1. The lowest BCUT2D eigenvalue weighted by Crippen LogP contribution is -2.51. The van der Waals surface area contributed by atoms with E-state index in [1.165, 1.54) is 32.1 Å². The highest BCUT2D eigenvalue weighted by atomic mass is 16.5. The fourth-order valence-corrected chi connectivity index (χ4v) is 9.05. The van der Waals surface area contributed by atoms with Crippen molar-refractivity contribution < 1.29 is 14.6 Å². The van der Waals surface area contributed by atoms with Crippen molar-refractivity contribution in [1.82, 2.24) is 15.0 Å². The number of carbonyl (C=O) groups is 1. The summed E-state index contributed by atoms with van der Waals surface area (Å²) in [6, 6.07) is 5.71. The van der Waals surface area contributed by atoms with Gasteiger partial charge < -0.3 is 9.84 Å². The summed E-state index contributed by atoms with van der Waals surface area (Å²) in [6.07, 6.45) is 10.3. The average molecular weight is 466 g/mol. The van der Waals surface area contributed by atoms with Crippen LogP contribution < -0.4 is 4.74 Å². The van der Waals surface area contributed by atoms with Gasteiger partial charge in [-0.25, -0.2) is 0 Å². The molecule has 0 radical (unpaired) electrons. The van der Waals surface area contributed by atoms with Crippen LogP contribution in [-0.4, -0.2) is 38.6 Å². The molecule has 1 unspecified atom stereocenters. The zero-order valence-electron chi connectivity index (χ0n) is 20.9. The Balaban J connectivity index is 1.18. The molecular formula is C28H39N3O3. The number of nitrogens with zero attached hydrogens (tertiary/aromatic N) is 3. The first-order chi connectivity index (χ1) is 16.3. The first kappa shape index (κ1) is 22.5. The predicted molar refractivity (Wildman–Crippen MR) is 130 cm³/mol. The number of rotatable bonds is 4. The Hall–Kier alpha value is -1.95. The summed E-state index contributed by atoms with van der Waals surface area (Å²) >= 11 is 0. The van der Waals surface area contributed by atoms with Crippen LogP contribution in [0.4, 0.5) is 0 Å². The molecule has 4 fully saturated rings. The first-order valence-electron chi connectivity index (χ1n) is 13.4. The molecule has 2 aromatic rings. The third-order valence-electron chi connectivity index (χ3n) is 10.6. The Kier molecular flexibility index (Phi) is 5.32. The molecule has 0 spiro atoms. The van der Waals surface area contributed by atoms with Crippen molar-refractivity contribution in [2.24, 2.45) is 40.9 Å². The van der Waals surface area contributed by atoms with E-state index in [-0.39, 0.29) is 17.9 Å². The highest BCUT2D eigenvalue weighted by Crippen LogP contribution is 2.64. The monoisotopic (exact) mass is 465 g/mol. The number of methoxy groups -OCH3 is 1. The number of aliphatic hydroxyl groups is 1. The molecule has 0 amide bonds. The van der Waals surface area contributed by atoms with E-state index >= 15 is 0 Å². The van der Waals surface area contributed by atoms with Crippen LogP contribution in [0, 0.1) is 40.9 Å². The summed E-state index contributed by atoms with van der Waals surface area (Å²) in [5.41, 5.74) is 1.14. The molecule has 1 aromatic carbocycles. The summed E-state index contributed by atoms with van der Waals surface area (Å²) in [4.78, 5) is 15.2. The number of carbonyl (C=O) groups excluding carboxylic acids is 1. The number of aromatic nitrogens is 3. The van der Waals surface area contributed by atoms with E-state index in [1.54, 1.807) is 11.9 Å². The second kappa shape index (κ2) is 8.04. The third-order valence-corrected chi connectivity index (χ3v) is 10.6. The molecule has 4 aliphatic rings. The molecule has 4 aliphatic carbocycles. The number of ether oxygens (including phenoxy) is 1. The van der Waals surface area contributed by atoms with Crippen LogP contribution in [0.3, 0.4) is 0 Å². The van der Waals surface area contributed by atoms with Crippen molar-refractivity contribution in [3.8, 4) is 5.75 Å². The Labute approximate surface area is 202 Å². The molecule has 4 saturated carbocycles. The largest absolute Gasteiger partial charge is 0.494 e. The molecule has 0 aliphatic heterocycles. The predicted octanol–water partition coefficient (Wildman–Crippen LogP) is 5.03. The van der Waals surface area contributed by atoms with E-state index in [9.17, 15) is 9.90 Å². The van der Waals surface area contributed by atoms with Gasteiger partial charge in [-0.3, -0.25) is 4.79 Å². The van der Waals surface area contributed by atoms with Gasteiger partial charge in [-0.05, 0) is 112 Å². The summed E-state index contributed by atoms with van der Waals surface area (Å²) in [7, 11) is 1.64. The minimum atomic E-state index is -0.461. The van der Waals surface area contributed by atoms with Gasteiger partial charge in [-0.1, -0.05) is 13.0 Å². The Morgan fingerprint density at radius 1 is 1.06 bits per heavy atom. The molecule has 6 nitrogen and oxygen atoms in total. The average Bonchev–Trinajstić information content (AvgIpc) is 3.37. The van der Waals surface area contributed by atoms with E-state index in [0.717, 1.165) is 54.5 Å². The molecule has 34 heavy (non-hydrogen) atoms. The van der Waals surface area contributed by atoms with Crippen molar-refractivity contribution >= 4 is 16.8 Å². The standard InChI is InChI=1S/C28H39N3O3/c1-27(33)13-11-18-17(15-27)7-8-20-19(18)12-14-28(2)21(20)9-10-22(28)24(32)16-31-29-23-5-4-6-25(34-3)26(23)30-31/h4-6,17-22,33H,7-16H2,1-3H3/t17-,18?,19-,20-,21+,22-,27-,28+/m1/s1.